The van der Waals surface area contributed by atoms with E-state index in [1.54, 1.807) is 6.92 Å². The second kappa shape index (κ2) is 4.41. The van der Waals surface area contributed by atoms with Crippen LogP contribution in [0.25, 0.3) is 0 Å². The number of rotatable bonds is 4. The molecule has 0 amide bonds. The van der Waals surface area contributed by atoms with Crippen LogP contribution in [0.2, 0.25) is 0 Å². The van der Waals surface area contributed by atoms with E-state index < -0.39 is 21.7 Å². The van der Waals surface area contributed by atoms with E-state index in [-0.39, 0.29) is 18.1 Å². The number of aromatic nitrogens is 1. The Morgan fingerprint density at radius 1 is 1.67 bits per heavy atom. The van der Waals surface area contributed by atoms with Gasteiger partial charge in [-0.25, -0.2) is 18.4 Å². The van der Waals surface area contributed by atoms with Crippen molar-refractivity contribution >= 4 is 16.0 Å². The Morgan fingerprint density at radius 3 is 2.87 bits per heavy atom. The van der Waals surface area contributed by atoms with Gasteiger partial charge in [0.05, 0.1) is 6.61 Å². The molecule has 1 rings (SSSR count). The van der Waals surface area contributed by atoms with Crippen molar-refractivity contribution in [3.05, 3.63) is 17.5 Å². The van der Waals surface area contributed by atoms with Crippen molar-refractivity contribution in [2.75, 3.05) is 6.61 Å². The summed E-state index contributed by atoms with van der Waals surface area (Å²) in [5.41, 5.74) is 0.0700. The summed E-state index contributed by atoms with van der Waals surface area (Å²) in [5.74, 6) is -1.31. The smallest absolute Gasteiger partial charge is 0.377 e. The second-order valence-electron chi connectivity index (χ2n) is 2.71. The Morgan fingerprint density at radius 2 is 2.33 bits per heavy atom. The van der Waals surface area contributed by atoms with Crippen molar-refractivity contribution in [1.29, 1.82) is 0 Å². The zero-order chi connectivity index (χ0) is 11.5. The second-order valence-corrected chi connectivity index (χ2v) is 4.32. The third-order valence-corrected chi connectivity index (χ3v) is 2.08. The van der Waals surface area contributed by atoms with E-state index in [2.05, 4.69) is 14.4 Å². The monoisotopic (exact) mass is 234 g/mol. The molecule has 7 nitrogen and oxygen atoms in total. The first-order chi connectivity index (χ1) is 6.92. The van der Waals surface area contributed by atoms with E-state index in [4.69, 9.17) is 5.14 Å². The van der Waals surface area contributed by atoms with Crippen LogP contribution in [0.1, 0.15) is 23.2 Å². The van der Waals surface area contributed by atoms with Crippen molar-refractivity contribution < 1.29 is 22.5 Å². The van der Waals surface area contributed by atoms with E-state index >= 15 is 0 Å². The Balaban J connectivity index is 2.77. The Labute approximate surface area is 86.2 Å². The molecule has 0 radical (unpaired) electrons. The molecule has 1 heterocycles. The maximum Gasteiger partial charge on any atom is 0.377 e. The minimum absolute atomic E-state index is 0.0700. The van der Waals surface area contributed by atoms with E-state index in [1.165, 1.54) is 6.07 Å². The number of hydrogen-bond acceptors (Lipinski definition) is 6. The topological polar surface area (TPSA) is 112 Å². The molecule has 0 aliphatic rings. The predicted molar refractivity (Wildman–Crippen MR) is 49.3 cm³/mol. The summed E-state index contributed by atoms with van der Waals surface area (Å²) in [6, 6.07) is 1.18. The quantitative estimate of drug-likeness (QED) is 0.712. The lowest BCUT2D eigenvalue weighted by molar-refractivity contribution is 0.0479. The number of carbonyl (C=O) groups excluding carboxylic acids is 1. The number of hydrogen-bond donors (Lipinski definition) is 1. The lowest BCUT2D eigenvalue weighted by atomic mass is 10.4. The molecular formula is C7H10N2O5S. The average Bonchev–Trinajstić information content (AvgIpc) is 2.50. The summed E-state index contributed by atoms with van der Waals surface area (Å²) in [7, 11) is -3.68. The first kappa shape index (κ1) is 11.7. The largest absolute Gasteiger partial charge is 0.460 e. The Hall–Kier alpha value is -1.41. The van der Waals surface area contributed by atoms with Crippen LogP contribution in [0.15, 0.2) is 10.6 Å². The molecule has 2 N–H and O–H groups in total. The van der Waals surface area contributed by atoms with Gasteiger partial charge in [-0.3, -0.25) is 0 Å². The van der Waals surface area contributed by atoms with Crippen molar-refractivity contribution in [1.82, 2.24) is 5.16 Å². The summed E-state index contributed by atoms with van der Waals surface area (Å²) in [6.07, 6.45) is 0. The van der Waals surface area contributed by atoms with Crippen LogP contribution in [0.4, 0.5) is 0 Å². The molecule has 0 fully saturated rings. The highest BCUT2D eigenvalue weighted by Gasteiger charge is 2.16. The number of sulfonamides is 1. The highest BCUT2D eigenvalue weighted by atomic mass is 32.2. The summed E-state index contributed by atoms with van der Waals surface area (Å²) >= 11 is 0. The maximum absolute atomic E-state index is 11.1. The highest BCUT2D eigenvalue weighted by Crippen LogP contribution is 2.07. The first-order valence-corrected chi connectivity index (χ1v) is 5.77. The number of carbonyl (C=O) groups is 1. The molecule has 0 bridgehead atoms. The van der Waals surface area contributed by atoms with Gasteiger partial charge in [0, 0.05) is 6.07 Å². The average molecular weight is 234 g/mol. The van der Waals surface area contributed by atoms with Crippen molar-refractivity contribution in [2.24, 2.45) is 5.14 Å². The molecule has 0 aliphatic heterocycles. The van der Waals surface area contributed by atoms with Gasteiger partial charge in [0.25, 0.3) is 0 Å². The van der Waals surface area contributed by atoms with Crippen LogP contribution in [-0.2, 0) is 20.5 Å². The zero-order valence-electron chi connectivity index (χ0n) is 7.97. The third kappa shape index (κ3) is 3.68. The van der Waals surface area contributed by atoms with Crippen LogP contribution < -0.4 is 5.14 Å². The SMILES string of the molecule is CCOC(=O)c1cc(CS(N)(=O)=O)no1. The number of ether oxygens (including phenoxy) is 1. The van der Waals surface area contributed by atoms with Gasteiger partial charge in [-0.1, -0.05) is 5.16 Å². The zero-order valence-corrected chi connectivity index (χ0v) is 8.78. The van der Waals surface area contributed by atoms with Gasteiger partial charge >= 0.3 is 5.97 Å². The third-order valence-electron chi connectivity index (χ3n) is 1.38. The van der Waals surface area contributed by atoms with Crippen LogP contribution in [0, 0.1) is 0 Å². The molecule has 0 aromatic carbocycles. The highest BCUT2D eigenvalue weighted by molar-refractivity contribution is 7.88. The minimum Gasteiger partial charge on any atom is -0.460 e. The number of nitrogens with zero attached hydrogens (tertiary/aromatic N) is 1. The van der Waals surface area contributed by atoms with Gasteiger partial charge in [-0.15, -0.1) is 0 Å². The fourth-order valence-corrected chi connectivity index (χ4v) is 1.43. The van der Waals surface area contributed by atoms with E-state index in [0.717, 1.165) is 0 Å². The minimum atomic E-state index is -3.68. The molecule has 0 unspecified atom stereocenters. The normalized spacial score (nSPS) is 11.3. The number of esters is 1. The molecule has 1 aromatic rings. The van der Waals surface area contributed by atoms with Crippen LogP contribution in [0.3, 0.4) is 0 Å². The first-order valence-electron chi connectivity index (χ1n) is 4.05. The molecule has 0 saturated heterocycles. The lowest BCUT2D eigenvalue weighted by Gasteiger charge is -1.94. The molecular weight excluding hydrogens is 224 g/mol. The van der Waals surface area contributed by atoms with Crippen molar-refractivity contribution in [2.45, 2.75) is 12.7 Å². The number of primary sulfonamides is 1. The Kier molecular flexibility index (Phi) is 3.43. The molecule has 0 atom stereocenters. The van der Waals surface area contributed by atoms with Gasteiger partial charge in [0.1, 0.15) is 11.4 Å². The fourth-order valence-electron chi connectivity index (χ4n) is 0.884. The molecule has 84 valence electrons. The Bertz CT molecular complexity index is 450. The van der Waals surface area contributed by atoms with Crippen LogP contribution >= 0.6 is 0 Å². The van der Waals surface area contributed by atoms with E-state index in [0.29, 0.717) is 0 Å². The lowest BCUT2D eigenvalue weighted by Crippen LogP contribution is -2.14. The summed E-state index contributed by atoms with van der Waals surface area (Å²) in [4.78, 5) is 11.1. The molecule has 0 saturated carbocycles. The van der Waals surface area contributed by atoms with Gasteiger partial charge in [-0.05, 0) is 6.92 Å². The fraction of sp³-hybridized carbons (Fsp3) is 0.429. The summed E-state index contributed by atoms with van der Waals surface area (Å²) in [6.45, 7) is 1.84. The van der Waals surface area contributed by atoms with Gasteiger partial charge in [0.15, 0.2) is 0 Å². The predicted octanol–water partition coefficient (Wildman–Crippen LogP) is -0.360. The van der Waals surface area contributed by atoms with Crippen LogP contribution in [-0.4, -0.2) is 26.2 Å². The van der Waals surface area contributed by atoms with Crippen LogP contribution in [0.5, 0.6) is 0 Å². The molecule has 8 heteroatoms. The number of nitrogens with two attached hydrogens (primary N) is 1. The van der Waals surface area contributed by atoms with E-state index in [9.17, 15) is 13.2 Å². The standard InChI is InChI=1S/C7H10N2O5S/c1-2-13-7(10)6-3-5(9-14-6)4-15(8,11)12/h3H,2,4H2,1H3,(H2,8,11,12). The van der Waals surface area contributed by atoms with Crippen molar-refractivity contribution in [3.63, 3.8) is 0 Å². The maximum atomic E-state index is 11.1. The van der Waals surface area contributed by atoms with Gasteiger partial charge in [0.2, 0.25) is 15.8 Å². The summed E-state index contributed by atoms with van der Waals surface area (Å²) < 4.78 is 30.6. The molecule has 0 spiro atoms. The summed E-state index contributed by atoms with van der Waals surface area (Å²) in [5, 5.41) is 8.16. The van der Waals surface area contributed by atoms with Crippen molar-refractivity contribution in [3.8, 4) is 0 Å². The molecule has 0 aliphatic carbocycles. The van der Waals surface area contributed by atoms with Gasteiger partial charge in [-0.2, -0.15) is 0 Å². The molecule has 1 aromatic heterocycles. The van der Waals surface area contributed by atoms with E-state index in [1.807, 2.05) is 0 Å². The van der Waals surface area contributed by atoms with Gasteiger partial charge < -0.3 is 9.26 Å². The molecule has 15 heavy (non-hydrogen) atoms.